The molecular formula is C14H10Br4O2. The van der Waals surface area contributed by atoms with Crippen molar-refractivity contribution in [2.45, 2.75) is 31.1 Å². The summed E-state index contributed by atoms with van der Waals surface area (Å²) in [6.45, 7) is 0. The Kier molecular flexibility index (Phi) is 4.30. The molecular weight excluding hydrogens is 520 g/mol. The van der Waals surface area contributed by atoms with E-state index in [1.54, 1.807) is 0 Å². The minimum Gasteiger partial charge on any atom is -0.297 e. The molecule has 2 bridgehead atoms. The van der Waals surface area contributed by atoms with Gasteiger partial charge in [-0.15, -0.1) is 0 Å². The first-order chi connectivity index (χ1) is 9.45. The maximum Gasteiger partial charge on any atom is 0.161 e. The largest absolute Gasteiger partial charge is 0.297 e. The molecule has 106 valence electrons. The Balaban J connectivity index is 2.31. The highest BCUT2D eigenvalue weighted by atomic mass is 79.9. The van der Waals surface area contributed by atoms with E-state index in [1.807, 2.05) is 24.3 Å². The van der Waals surface area contributed by atoms with E-state index in [-0.39, 0.29) is 42.7 Å². The van der Waals surface area contributed by atoms with Crippen molar-refractivity contribution >= 4 is 75.3 Å². The fourth-order valence-corrected chi connectivity index (χ4v) is 8.09. The van der Waals surface area contributed by atoms with Gasteiger partial charge in [-0.25, -0.2) is 0 Å². The van der Waals surface area contributed by atoms with Crippen molar-refractivity contribution in [2.75, 3.05) is 0 Å². The molecule has 0 amide bonds. The molecule has 1 aromatic carbocycles. The maximum atomic E-state index is 12.6. The molecule has 0 spiro atoms. The highest BCUT2D eigenvalue weighted by molar-refractivity contribution is 9.11. The molecule has 2 aliphatic rings. The standard InChI is InChI=1S/C14H10Br4O2/c15-9-7-5-3-1-2-4-6(5)8(11(17)13(9)19)12(18)14(20)10(7)16/h1-4,7-12H/t7?,8?,9-,10-,11+,12+. The third-order valence-corrected chi connectivity index (χ3v) is 8.15. The van der Waals surface area contributed by atoms with Crippen LogP contribution in [0.4, 0.5) is 0 Å². The molecule has 0 aromatic heterocycles. The predicted molar refractivity (Wildman–Crippen MR) is 92.8 cm³/mol. The molecule has 0 fully saturated rings. The molecule has 4 atom stereocenters. The number of hydrogen-bond acceptors (Lipinski definition) is 2. The number of benzene rings is 1. The normalized spacial score (nSPS) is 40.2. The van der Waals surface area contributed by atoms with Crippen LogP contribution in [0.25, 0.3) is 0 Å². The topological polar surface area (TPSA) is 34.1 Å². The van der Waals surface area contributed by atoms with Crippen molar-refractivity contribution < 1.29 is 9.59 Å². The Bertz CT molecular complexity index is 513. The van der Waals surface area contributed by atoms with Gasteiger partial charge in [0, 0.05) is 11.8 Å². The van der Waals surface area contributed by atoms with Crippen LogP contribution in [0, 0.1) is 0 Å². The maximum absolute atomic E-state index is 12.6. The van der Waals surface area contributed by atoms with Gasteiger partial charge in [-0.05, 0) is 11.1 Å². The van der Waals surface area contributed by atoms with Crippen molar-refractivity contribution in [1.29, 1.82) is 0 Å². The first-order valence-electron chi connectivity index (χ1n) is 6.17. The molecule has 0 unspecified atom stereocenters. The average Bonchev–Trinajstić information content (AvgIpc) is 2.58. The third kappa shape index (κ3) is 2.13. The zero-order valence-electron chi connectivity index (χ0n) is 10.1. The van der Waals surface area contributed by atoms with Crippen LogP contribution in [0.2, 0.25) is 0 Å². The lowest BCUT2D eigenvalue weighted by Gasteiger charge is -2.30. The highest BCUT2D eigenvalue weighted by Crippen LogP contribution is 2.50. The van der Waals surface area contributed by atoms with Crippen molar-refractivity contribution in [1.82, 2.24) is 0 Å². The van der Waals surface area contributed by atoms with Gasteiger partial charge in [0.2, 0.25) is 0 Å². The molecule has 0 N–H and O–H groups in total. The lowest BCUT2D eigenvalue weighted by atomic mass is 9.88. The Hall–Kier alpha value is 0.480. The van der Waals surface area contributed by atoms with Crippen molar-refractivity contribution in [2.24, 2.45) is 0 Å². The lowest BCUT2D eigenvalue weighted by Crippen LogP contribution is -2.43. The summed E-state index contributed by atoms with van der Waals surface area (Å²) >= 11 is 14.1. The summed E-state index contributed by atoms with van der Waals surface area (Å²) in [5, 5.41) is 0. The third-order valence-electron chi connectivity index (χ3n) is 4.06. The second-order valence-corrected chi connectivity index (χ2v) is 9.04. The summed E-state index contributed by atoms with van der Waals surface area (Å²) in [5.41, 5.74) is 2.15. The number of ketones is 2. The van der Waals surface area contributed by atoms with Crippen LogP contribution in [-0.2, 0) is 9.59 Å². The zero-order chi connectivity index (χ0) is 14.6. The molecule has 20 heavy (non-hydrogen) atoms. The summed E-state index contributed by atoms with van der Waals surface area (Å²) in [5.74, 6) is -0.173. The molecule has 0 saturated carbocycles. The fourth-order valence-electron chi connectivity index (χ4n) is 3.06. The van der Waals surface area contributed by atoms with Crippen LogP contribution >= 0.6 is 63.7 Å². The summed E-state index contributed by atoms with van der Waals surface area (Å²) in [4.78, 5) is 23.7. The van der Waals surface area contributed by atoms with Gasteiger partial charge >= 0.3 is 0 Å². The van der Waals surface area contributed by atoms with E-state index in [0.29, 0.717) is 0 Å². The average molecular weight is 530 g/mol. The van der Waals surface area contributed by atoms with Crippen LogP contribution in [0.3, 0.4) is 0 Å². The van der Waals surface area contributed by atoms with Gasteiger partial charge in [0.15, 0.2) is 11.6 Å². The quantitative estimate of drug-likeness (QED) is 0.475. The molecule has 0 aliphatic heterocycles. The fraction of sp³-hybridized carbons (Fsp3) is 0.429. The Morgan fingerprint density at radius 3 is 1.25 bits per heavy atom. The van der Waals surface area contributed by atoms with E-state index in [0.717, 1.165) is 11.1 Å². The number of Topliss-reactive ketones (excluding diaryl/α,β-unsaturated/α-hetero) is 2. The van der Waals surface area contributed by atoms with Crippen molar-refractivity contribution in [3.05, 3.63) is 35.4 Å². The van der Waals surface area contributed by atoms with Gasteiger partial charge in [-0.2, -0.15) is 0 Å². The minimum absolute atomic E-state index is 0.0950. The van der Waals surface area contributed by atoms with Gasteiger partial charge in [-0.1, -0.05) is 88.0 Å². The first kappa shape index (κ1) is 15.4. The van der Waals surface area contributed by atoms with Crippen LogP contribution in [0.1, 0.15) is 23.0 Å². The summed E-state index contributed by atoms with van der Waals surface area (Å²) < 4.78 is 0. The molecule has 1 aromatic rings. The molecule has 3 rings (SSSR count). The smallest absolute Gasteiger partial charge is 0.161 e. The van der Waals surface area contributed by atoms with Crippen molar-refractivity contribution in [3.63, 3.8) is 0 Å². The van der Waals surface area contributed by atoms with E-state index in [4.69, 9.17) is 0 Å². The molecule has 6 heteroatoms. The summed E-state index contributed by atoms with van der Waals surface area (Å²) in [6.07, 6.45) is 0. The van der Waals surface area contributed by atoms with Gasteiger partial charge in [0.1, 0.15) is 0 Å². The number of halogens is 4. The van der Waals surface area contributed by atoms with Crippen LogP contribution in [0.15, 0.2) is 24.3 Å². The van der Waals surface area contributed by atoms with E-state index in [2.05, 4.69) is 63.7 Å². The molecule has 0 saturated heterocycles. The Labute approximate surface area is 150 Å². The monoisotopic (exact) mass is 526 g/mol. The second-order valence-electron chi connectivity index (χ2n) is 5.09. The molecule has 2 nitrogen and oxygen atoms in total. The number of carbonyl (C=O) groups excluding carboxylic acids is 2. The second kappa shape index (κ2) is 5.60. The zero-order valence-corrected chi connectivity index (χ0v) is 16.4. The highest BCUT2D eigenvalue weighted by Gasteiger charge is 2.52. The Morgan fingerprint density at radius 2 is 0.950 bits per heavy atom. The summed E-state index contributed by atoms with van der Waals surface area (Å²) in [7, 11) is 0. The van der Waals surface area contributed by atoms with Gasteiger partial charge in [-0.3, -0.25) is 9.59 Å². The lowest BCUT2D eigenvalue weighted by molar-refractivity contribution is -0.121. The van der Waals surface area contributed by atoms with Gasteiger partial charge < -0.3 is 0 Å². The van der Waals surface area contributed by atoms with Crippen LogP contribution < -0.4 is 0 Å². The van der Waals surface area contributed by atoms with Crippen LogP contribution in [0.5, 0.6) is 0 Å². The summed E-state index contributed by atoms with van der Waals surface area (Å²) in [6, 6.07) is 7.96. The predicted octanol–water partition coefficient (Wildman–Crippen LogP) is 4.07. The van der Waals surface area contributed by atoms with E-state index in [9.17, 15) is 9.59 Å². The molecule has 2 aliphatic carbocycles. The minimum atomic E-state index is -0.369. The first-order valence-corrected chi connectivity index (χ1v) is 9.84. The van der Waals surface area contributed by atoms with E-state index < -0.39 is 0 Å². The van der Waals surface area contributed by atoms with Gasteiger partial charge in [0.05, 0.1) is 19.3 Å². The number of alkyl halides is 4. The molecule has 0 heterocycles. The van der Waals surface area contributed by atoms with E-state index in [1.165, 1.54) is 0 Å². The van der Waals surface area contributed by atoms with Crippen LogP contribution in [-0.4, -0.2) is 30.9 Å². The van der Waals surface area contributed by atoms with Gasteiger partial charge in [0.25, 0.3) is 0 Å². The van der Waals surface area contributed by atoms with E-state index >= 15 is 0 Å². The SMILES string of the molecule is O=C1[C@@H](Br)C2c3ccccc3C([C@H]1Br)[C@@H](Br)C(=O)[C@H]2Br. The number of rotatable bonds is 0. The number of carbonyl (C=O) groups is 2. The number of hydrogen-bond donors (Lipinski definition) is 0. The Morgan fingerprint density at radius 1 is 0.650 bits per heavy atom. The molecule has 0 radical (unpaired) electrons. The van der Waals surface area contributed by atoms with Crippen molar-refractivity contribution in [3.8, 4) is 0 Å².